The molecule has 0 saturated carbocycles. The lowest BCUT2D eigenvalue weighted by molar-refractivity contribution is -0.154. The number of ether oxygens (including phenoxy) is 2. The van der Waals surface area contributed by atoms with E-state index in [1.165, 1.54) is 12.0 Å². The van der Waals surface area contributed by atoms with E-state index in [4.69, 9.17) is 9.47 Å². The summed E-state index contributed by atoms with van der Waals surface area (Å²) >= 11 is 0. The third kappa shape index (κ3) is 5.52. The molecule has 0 radical (unpaired) electrons. The molecule has 1 saturated heterocycles. The predicted octanol–water partition coefficient (Wildman–Crippen LogP) is 3.97. The van der Waals surface area contributed by atoms with Gasteiger partial charge in [-0.3, -0.25) is 4.79 Å². The SMILES string of the molecule is COC(=O)[C@@H]1CCCN1C(=O)[C@@H](O)[C@H](c1ccccc1)N(Cc1ccc(OC)cc1)c1ccccc1. The summed E-state index contributed by atoms with van der Waals surface area (Å²) in [5.41, 5.74) is 2.65. The number of aliphatic hydroxyl groups is 1. The molecule has 4 rings (SSSR count). The number of benzene rings is 3. The first-order valence-corrected chi connectivity index (χ1v) is 12.1. The fourth-order valence-electron chi connectivity index (χ4n) is 4.80. The van der Waals surface area contributed by atoms with Gasteiger partial charge in [-0.25, -0.2) is 4.79 Å². The van der Waals surface area contributed by atoms with Gasteiger partial charge in [-0.2, -0.15) is 0 Å². The van der Waals surface area contributed by atoms with Crippen LogP contribution in [0.15, 0.2) is 84.9 Å². The molecule has 3 atom stereocenters. The van der Waals surface area contributed by atoms with E-state index < -0.39 is 30.1 Å². The van der Waals surface area contributed by atoms with Crippen molar-refractivity contribution < 1.29 is 24.2 Å². The number of rotatable bonds is 9. The van der Waals surface area contributed by atoms with E-state index >= 15 is 0 Å². The zero-order valence-corrected chi connectivity index (χ0v) is 20.6. The van der Waals surface area contributed by atoms with Crippen LogP contribution in [0.1, 0.15) is 30.0 Å². The number of nitrogens with zero attached hydrogens (tertiary/aromatic N) is 2. The van der Waals surface area contributed by atoms with E-state index in [0.29, 0.717) is 25.9 Å². The van der Waals surface area contributed by atoms with Crippen LogP contribution in [0.4, 0.5) is 5.69 Å². The normalized spacial score (nSPS) is 16.8. The van der Waals surface area contributed by atoms with Crippen LogP contribution in [0, 0.1) is 0 Å². The number of hydrogen-bond acceptors (Lipinski definition) is 6. The molecule has 1 heterocycles. The standard InChI is InChI=1S/C29H32N2O5/c1-35-24-17-15-21(16-18-24)20-31(23-12-7-4-8-13-23)26(22-10-5-3-6-11-22)27(32)28(33)30-19-9-14-25(30)29(34)36-2/h3-8,10-13,15-18,25-27,32H,9,14,19-20H2,1-2H3/t25-,26-,27-/m0/s1. The van der Waals surface area contributed by atoms with Crippen molar-refractivity contribution in [1.29, 1.82) is 0 Å². The van der Waals surface area contributed by atoms with Gasteiger partial charge in [-0.15, -0.1) is 0 Å². The third-order valence-electron chi connectivity index (χ3n) is 6.64. The maximum atomic E-state index is 13.7. The third-order valence-corrected chi connectivity index (χ3v) is 6.64. The number of methoxy groups -OCH3 is 2. The Morgan fingerprint density at radius 3 is 2.22 bits per heavy atom. The van der Waals surface area contributed by atoms with Crippen molar-refractivity contribution in [3.05, 3.63) is 96.1 Å². The summed E-state index contributed by atoms with van der Waals surface area (Å²) in [6.45, 7) is 0.847. The summed E-state index contributed by atoms with van der Waals surface area (Å²) in [7, 11) is 2.94. The summed E-state index contributed by atoms with van der Waals surface area (Å²) in [5.74, 6) is -0.183. The van der Waals surface area contributed by atoms with Gasteiger partial charge in [0.25, 0.3) is 5.91 Å². The summed E-state index contributed by atoms with van der Waals surface area (Å²) in [6.07, 6.45) is -0.200. The van der Waals surface area contributed by atoms with Crippen molar-refractivity contribution in [3.63, 3.8) is 0 Å². The average molecular weight is 489 g/mol. The van der Waals surface area contributed by atoms with Gasteiger partial charge in [0.2, 0.25) is 0 Å². The monoisotopic (exact) mass is 488 g/mol. The van der Waals surface area contributed by atoms with Crippen molar-refractivity contribution in [1.82, 2.24) is 4.90 Å². The second-order valence-electron chi connectivity index (χ2n) is 8.82. The number of anilines is 1. The number of likely N-dealkylation sites (tertiary alicyclic amines) is 1. The van der Waals surface area contributed by atoms with Gasteiger partial charge in [0.05, 0.1) is 20.3 Å². The molecule has 36 heavy (non-hydrogen) atoms. The maximum absolute atomic E-state index is 13.7. The molecule has 0 bridgehead atoms. The van der Waals surface area contributed by atoms with Gasteiger partial charge >= 0.3 is 5.97 Å². The Kier molecular flexibility index (Phi) is 8.23. The Bertz CT molecular complexity index is 1140. The number of carbonyl (C=O) groups excluding carboxylic acids is 2. The van der Waals surface area contributed by atoms with Crippen molar-refractivity contribution in [3.8, 4) is 5.75 Å². The molecule has 0 aromatic heterocycles. The Hall–Kier alpha value is -3.84. The van der Waals surface area contributed by atoms with Crippen LogP contribution in [0.25, 0.3) is 0 Å². The zero-order valence-electron chi connectivity index (χ0n) is 20.6. The van der Waals surface area contributed by atoms with E-state index in [1.54, 1.807) is 7.11 Å². The molecule has 0 unspecified atom stereocenters. The van der Waals surface area contributed by atoms with Gasteiger partial charge in [0.15, 0.2) is 6.10 Å². The second-order valence-corrected chi connectivity index (χ2v) is 8.82. The topological polar surface area (TPSA) is 79.3 Å². The number of hydrogen-bond donors (Lipinski definition) is 1. The minimum Gasteiger partial charge on any atom is -0.497 e. The molecule has 1 N–H and O–H groups in total. The largest absolute Gasteiger partial charge is 0.497 e. The minimum atomic E-state index is -1.41. The molecule has 188 valence electrons. The Labute approximate surface area is 211 Å². The van der Waals surface area contributed by atoms with Crippen LogP contribution in [0.5, 0.6) is 5.75 Å². The first kappa shape index (κ1) is 25.3. The number of esters is 1. The fourth-order valence-corrected chi connectivity index (χ4v) is 4.80. The Morgan fingerprint density at radius 1 is 0.972 bits per heavy atom. The summed E-state index contributed by atoms with van der Waals surface area (Å²) < 4.78 is 10.2. The molecule has 0 spiro atoms. The molecule has 7 nitrogen and oxygen atoms in total. The molecule has 7 heteroatoms. The smallest absolute Gasteiger partial charge is 0.328 e. The lowest BCUT2D eigenvalue weighted by Crippen LogP contribution is -2.50. The fraction of sp³-hybridized carbons (Fsp3) is 0.310. The molecule has 3 aromatic carbocycles. The first-order chi connectivity index (χ1) is 17.5. The molecule has 3 aromatic rings. The van der Waals surface area contributed by atoms with E-state index in [2.05, 4.69) is 0 Å². The van der Waals surface area contributed by atoms with E-state index in [1.807, 2.05) is 89.8 Å². The number of carbonyl (C=O) groups is 2. The Balaban J connectivity index is 1.74. The summed E-state index contributed by atoms with van der Waals surface area (Å²) in [5, 5.41) is 11.7. The lowest BCUT2D eigenvalue weighted by atomic mass is 9.96. The highest BCUT2D eigenvalue weighted by molar-refractivity contribution is 5.88. The highest BCUT2D eigenvalue weighted by Gasteiger charge is 2.41. The predicted molar refractivity (Wildman–Crippen MR) is 138 cm³/mol. The first-order valence-electron chi connectivity index (χ1n) is 12.1. The lowest BCUT2D eigenvalue weighted by Gasteiger charge is -2.38. The van der Waals surface area contributed by atoms with Gasteiger partial charge in [0.1, 0.15) is 11.8 Å². The highest BCUT2D eigenvalue weighted by atomic mass is 16.5. The molecular formula is C29H32N2O5. The van der Waals surface area contributed by atoms with E-state index in [9.17, 15) is 14.7 Å². The number of amides is 1. The van der Waals surface area contributed by atoms with Gasteiger partial charge in [-0.05, 0) is 48.2 Å². The van der Waals surface area contributed by atoms with Crippen LogP contribution in [-0.4, -0.2) is 54.8 Å². The Morgan fingerprint density at radius 2 is 1.61 bits per heavy atom. The molecule has 0 aliphatic carbocycles. The zero-order chi connectivity index (χ0) is 25.5. The van der Waals surface area contributed by atoms with Crippen molar-refractivity contribution in [2.24, 2.45) is 0 Å². The van der Waals surface area contributed by atoms with Gasteiger partial charge in [-0.1, -0.05) is 60.7 Å². The summed E-state index contributed by atoms with van der Waals surface area (Å²) in [4.78, 5) is 29.5. The minimum absolute atomic E-state index is 0.404. The molecule has 1 aliphatic heterocycles. The van der Waals surface area contributed by atoms with Crippen LogP contribution in [0.3, 0.4) is 0 Å². The molecular weight excluding hydrogens is 456 g/mol. The maximum Gasteiger partial charge on any atom is 0.328 e. The average Bonchev–Trinajstić information content (AvgIpc) is 3.43. The number of aliphatic hydroxyl groups excluding tert-OH is 1. The van der Waals surface area contributed by atoms with E-state index in [0.717, 1.165) is 22.6 Å². The van der Waals surface area contributed by atoms with E-state index in [-0.39, 0.29) is 0 Å². The van der Waals surface area contributed by atoms with Gasteiger partial charge in [0, 0.05) is 18.8 Å². The second kappa shape index (κ2) is 11.7. The highest BCUT2D eigenvalue weighted by Crippen LogP contribution is 2.34. The number of para-hydroxylation sites is 1. The summed E-state index contributed by atoms with van der Waals surface area (Å²) in [6, 6.07) is 25.6. The quantitative estimate of drug-likeness (QED) is 0.459. The van der Waals surface area contributed by atoms with Crippen LogP contribution in [0.2, 0.25) is 0 Å². The van der Waals surface area contributed by atoms with Crippen molar-refractivity contribution in [2.45, 2.75) is 37.6 Å². The molecule has 1 aliphatic rings. The van der Waals surface area contributed by atoms with Crippen LogP contribution >= 0.6 is 0 Å². The molecule has 1 fully saturated rings. The van der Waals surface area contributed by atoms with Gasteiger partial charge < -0.3 is 24.4 Å². The van der Waals surface area contributed by atoms with Crippen LogP contribution in [-0.2, 0) is 20.9 Å². The molecule has 1 amide bonds. The van der Waals surface area contributed by atoms with Crippen LogP contribution < -0.4 is 9.64 Å². The van der Waals surface area contributed by atoms with Crippen molar-refractivity contribution >= 4 is 17.6 Å². The van der Waals surface area contributed by atoms with Crippen molar-refractivity contribution in [2.75, 3.05) is 25.7 Å².